The maximum atomic E-state index is 6.10. The summed E-state index contributed by atoms with van der Waals surface area (Å²) in [6, 6.07) is 10.4. The zero-order valence-corrected chi connectivity index (χ0v) is 12.8. The number of fused-ring (bicyclic) bond motifs is 3. The first-order valence-electron chi connectivity index (χ1n) is 7.94. The molecule has 0 amide bonds. The first kappa shape index (κ1) is 13.3. The Bertz CT molecular complexity index is 820. The fraction of sp³-hybridized carbons (Fsp3) is 0.333. The summed E-state index contributed by atoms with van der Waals surface area (Å²) in [6.07, 6.45) is 4.58. The molecule has 0 saturated heterocycles. The lowest BCUT2D eigenvalue weighted by Crippen LogP contribution is -2.03. The second-order valence-electron chi connectivity index (χ2n) is 6.32. The summed E-state index contributed by atoms with van der Waals surface area (Å²) in [7, 11) is 0. The first-order valence-corrected chi connectivity index (χ1v) is 7.94. The lowest BCUT2D eigenvalue weighted by molar-refractivity contribution is 0.527. The van der Waals surface area contributed by atoms with Gasteiger partial charge in [-0.1, -0.05) is 43.7 Å². The van der Waals surface area contributed by atoms with E-state index in [9.17, 15) is 0 Å². The molecule has 0 radical (unpaired) electrons. The van der Waals surface area contributed by atoms with E-state index in [1.807, 2.05) is 6.07 Å². The molecule has 0 saturated carbocycles. The molecule has 1 aliphatic carbocycles. The highest BCUT2D eigenvalue weighted by atomic mass is 15.2. The van der Waals surface area contributed by atoms with Gasteiger partial charge in [-0.3, -0.25) is 5.10 Å². The number of aromatic amines is 1. The van der Waals surface area contributed by atoms with Gasteiger partial charge in [0.15, 0.2) is 11.5 Å². The minimum Gasteiger partial charge on any atom is -0.382 e. The van der Waals surface area contributed by atoms with Gasteiger partial charge in [0.2, 0.25) is 0 Å². The fourth-order valence-electron chi connectivity index (χ4n) is 3.60. The molecular formula is C18H20N4. The Labute approximate surface area is 129 Å². The number of H-pyrrole nitrogens is 1. The third-order valence-electron chi connectivity index (χ3n) is 4.67. The molecule has 1 aromatic carbocycles. The van der Waals surface area contributed by atoms with E-state index in [0.29, 0.717) is 11.7 Å². The Morgan fingerprint density at radius 3 is 2.82 bits per heavy atom. The van der Waals surface area contributed by atoms with E-state index in [1.165, 1.54) is 29.5 Å². The largest absolute Gasteiger partial charge is 0.382 e. The Morgan fingerprint density at radius 1 is 1.18 bits per heavy atom. The minimum absolute atomic E-state index is 0.576. The predicted octanol–water partition coefficient (Wildman–Crippen LogP) is 3.72. The summed E-state index contributed by atoms with van der Waals surface area (Å²) in [5, 5.41) is 8.21. The summed E-state index contributed by atoms with van der Waals surface area (Å²) in [5.74, 6) is 1.25. The number of benzene rings is 1. The summed E-state index contributed by atoms with van der Waals surface area (Å²) in [6.45, 7) is 2.32. The van der Waals surface area contributed by atoms with Gasteiger partial charge in [-0.2, -0.15) is 5.10 Å². The topological polar surface area (TPSA) is 67.6 Å². The van der Waals surface area contributed by atoms with E-state index in [2.05, 4.69) is 41.4 Å². The number of rotatable bonds is 1. The molecule has 2 heterocycles. The number of aromatic nitrogens is 3. The van der Waals surface area contributed by atoms with Crippen molar-refractivity contribution >= 4 is 16.9 Å². The lowest BCUT2D eigenvalue weighted by atomic mass is 9.93. The maximum absolute atomic E-state index is 6.10. The highest BCUT2D eigenvalue weighted by Crippen LogP contribution is 2.36. The van der Waals surface area contributed by atoms with Gasteiger partial charge >= 0.3 is 0 Å². The van der Waals surface area contributed by atoms with Gasteiger partial charge in [0, 0.05) is 5.56 Å². The summed E-state index contributed by atoms with van der Waals surface area (Å²) in [4.78, 5) is 4.85. The molecular weight excluding hydrogens is 272 g/mol. The van der Waals surface area contributed by atoms with Crippen LogP contribution in [-0.4, -0.2) is 15.2 Å². The summed E-state index contributed by atoms with van der Waals surface area (Å²) in [5.41, 5.74) is 11.9. The van der Waals surface area contributed by atoms with Gasteiger partial charge in [-0.15, -0.1) is 0 Å². The van der Waals surface area contributed by atoms with Crippen molar-refractivity contribution in [1.29, 1.82) is 0 Å². The van der Waals surface area contributed by atoms with Crippen LogP contribution in [-0.2, 0) is 12.8 Å². The average molecular weight is 292 g/mol. The number of hydrogen-bond donors (Lipinski definition) is 2. The zero-order chi connectivity index (χ0) is 15.1. The van der Waals surface area contributed by atoms with E-state index < -0.39 is 0 Å². The molecule has 4 nitrogen and oxygen atoms in total. The SMILES string of the molecule is CC1CCCc2c(-c3ccccc3)nc3[nH]nc(N)c3c2C1. The third kappa shape index (κ3) is 2.06. The van der Waals surface area contributed by atoms with E-state index >= 15 is 0 Å². The zero-order valence-electron chi connectivity index (χ0n) is 12.8. The first-order chi connectivity index (χ1) is 10.7. The molecule has 1 atom stereocenters. The molecule has 2 aromatic heterocycles. The van der Waals surface area contributed by atoms with E-state index in [-0.39, 0.29) is 0 Å². The number of nitrogens with one attached hydrogen (secondary N) is 1. The molecule has 0 fully saturated rings. The van der Waals surface area contributed by atoms with Crippen molar-refractivity contribution in [1.82, 2.24) is 15.2 Å². The van der Waals surface area contributed by atoms with Gasteiger partial charge in [0.25, 0.3) is 0 Å². The molecule has 3 N–H and O–H groups in total. The molecule has 1 aliphatic rings. The van der Waals surface area contributed by atoms with Crippen LogP contribution in [0.25, 0.3) is 22.3 Å². The van der Waals surface area contributed by atoms with Gasteiger partial charge in [0.05, 0.1) is 11.1 Å². The van der Waals surface area contributed by atoms with E-state index in [4.69, 9.17) is 10.7 Å². The Kier molecular flexibility index (Phi) is 3.10. The minimum atomic E-state index is 0.576. The number of nitrogens with two attached hydrogens (primary N) is 1. The number of nitrogens with zero attached hydrogens (tertiary/aromatic N) is 2. The molecule has 3 aromatic rings. The Morgan fingerprint density at radius 2 is 2.00 bits per heavy atom. The molecule has 4 heteroatoms. The van der Waals surface area contributed by atoms with Crippen LogP contribution in [0.5, 0.6) is 0 Å². The second-order valence-corrected chi connectivity index (χ2v) is 6.32. The average Bonchev–Trinajstić information content (AvgIpc) is 2.79. The van der Waals surface area contributed by atoms with Crippen molar-refractivity contribution in [2.75, 3.05) is 5.73 Å². The Balaban J connectivity index is 2.04. The quantitative estimate of drug-likeness (QED) is 0.672. The van der Waals surface area contributed by atoms with Gasteiger partial charge in [-0.05, 0) is 36.3 Å². The molecule has 112 valence electrons. The standard InChI is InChI=1S/C18H20N4/c1-11-6-5-9-13-14(10-11)15-17(19)21-22-18(15)20-16(13)12-7-3-2-4-8-12/h2-4,7-8,11H,5-6,9-10H2,1H3,(H3,19,20,21,22). The molecule has 1 unspecified atom stereocenters. The maximum Gasteiger partial charge on any atom is 0.158 e. The third-order valence-corrected chi connectivity index (χ3v) is 4.67. The number of nitrogen functional groups attached to an aromatic ring is 1. The van der Waals surface area contributed by atoms with Crippen molar-refractivity contribution in [3.05, 3.63) is 41.5 Å². The van der Waals surface area contributed by atoms with Crippen LogP contribution in [0.1, 0.15) is 30.9 Å². The lowest BCUT2D eigenvalue weighted by Gasteiger charge is -2.14. The molecule has 0 spiro atoms. The normalized spacial score (nSPS) is 18.1. The highest BCUT2D eigenvalue weighted by Gasteiger charge is 2.23. The molecule has 0 aliphatic heterocycles. The molecule has 0 bridgehead atoms. The molecule has 22 heavy (non-hydrogen) atoms. The molecule has 4 rings (SSSR count). The van der Waals surface area contributed by atoms with Crippen LogP contribution in [0.4, 0.5) is 5.82 Å². The fourth-order valence-corrected chi connectivity index (χ4v) is 3.60. The van der Waals surface area contributed by atoms with Crippen LogP contribution in [0.3, 0.4) is 0 Å². The van der Waals surface area contributed by atoms with Crippen LogP contribution >= 0.6 is 0 Å². The van der Waals surface area contributed by atoms with Crippen molar-refractivity contribution in [2.24, 2.45) is 5.92 Å². The van der Waals surface area contributed by atoms with Crippen LogP contribution in [0.15, 0.2) is 30.3 Å². The number of pyridine rings is 1. The van der Waals surface area contributed by atoms with Gasteiger partial charge < -0.3 is 5.73 Å². The van der Waals surface area contributed by atoms with Crippen molar-refractivity contribution < 1.29 is 0 Å². The van der Waals surface area contributed by atoms with Crippen molar-refractivity contribution in [3.63, 3.8) is 0 Å². The summed E-state index contributed by atoms with van der Waals surface area (Å²) >= 11 is 0. The number of anilines is 1. The monoisotopic (exact) mass is 292 g/mol. The summed E-state index contributed by atoms with van der Waals surface area (Å²) < 4.78 is 0. The highest BCUT2D eigenvalue weighted by molar-refractivity contribution is 5.92. The van der Waals surface area contributed by atoms with Gasteiger partial charge in [-0.25, -0.2) is 4.98 Å². The number of hydrogen-bond acceptors (Lipinski definition) is 3. The van der Waals surface area contributed by atoms with Crippen LogP contribution in [0.2, 0.25) is 0 Å². The smallest absolute Gasteiger partial charge is 0.158 e. The van der Waals surface area contributed by atoms with Crippen LogP contribution in [0, 0.1) is 5.92 Å². The Hall–Kier alpha value is -2.36. The van der Waals surface area contributed by atoms with Crippen LogP contribution < -0.4 is 5.73 Å². The second kappa shape index (κ2) is 5.13. The van der Waals surface area contributed by atoms with E-state index in [0.717, 1.165) is 29.6 Å². The predicted molar refractivity (Wildman–Crippen MR) is 89.5 cm³/mol. The van der Waals surface area contributed by atoms with Crippen molar-refractivity contribution in [2.45, 2.75) is 32.6 Å². The van der Waals surface area contributed by atoms with Crippen molar-refractivity contribution in [3.8, 4) is 11.3 Å². The van der Waals surface area contributed by atoms with Gasteiger partial charge in [0.1, 0.15) is 0 Å². The van der Waals surface area contributed by atoms with E-state index in [1.54, 1.807) is 0 Å².